The smallest absolute Gasteiger partial charge is 0.315 e. The Labute approximate surface area is 117 Å². The third-order valence-corrected chi connectivity index (χ3v) is 3.24. The second kappa shape index (κ2) is 9.44. The second-order valence-electron chi connectivity index (χ2n) is 3.88. The molecule has 1 aromatic rings. The molecule has 0 aromatic heterocycles. The van der Waals surface area contributed by atoms with Crippen LogP contribution in [0.4, 0.5) is 0 Å². The van der Waals surface area contributed by atoms with Crippen molar-refractivity contribution in [1.29, 1.82) is 0 Å². The Morgan fingerprint density at radius 3 is 2.63 bits per heavy atom. The maximum atomic E-state index is 11.5. The van der Waals surface area contributed by atoms with Gasteiger partial charge in [-0.2, -0.15) is 0 Å². The van der Waals surface area contributed by atoms with Gasteiger partial charge in [0.1, 0.15) is 0 Å². The van der Waals surface area contributed by atoms with Gasteiger partial charge in [0.25, 0.3) is 0 Å². The van der Waals surface area contributed by atoms with Crippen molar-refractivity contribution in [3.8, 4) is 0 Å². The zero-order chi connectivity index (χ0) is 13.9. The lowest BCUT2D eigenvalue weighted by molar-refractivity contribution is -0.139. The van der Waals surface area contributed by atoms with E-state index in [1.165, 1.54) is 17.3 Å². The number of carbonyl (C=O) groups is 2. The summed E-state index contributed by atoms with van der Waals surface area (Å²) in [6, 6.07) is 9.98. The number of rotatable bonds is 8. The van der Waals surface area contributed by atoms with Gasteiger partial charge >= 0.3 is 5.97 Å². The molecule has 1 rings (SSSR count). The van der Waals surface area contributed by atoms with Crippen molar-refractivity contribution >= 4 is 23.6 Å². The van der Waals surface area contributed by atoms with Crippen LogP contribution in [0.1, 0.15) is 12.5 Å². The SMILES string of the molecule is CCOC(=O)CSCC(=O)NCCc1ccccc1. The highest BCUT2D eigenvalue weighted by Gasteiger charge is 2.05. The predicted octanol–water partition coefficient (Wildman–Crippen LogP) is 1.64. The number of amides is 1. The molecule has 0 spiro atoms. The van der Waals surface area contributed by atoms with Crippen molar-refractivity contribution in [3.63, 3.8) is 0 Å². The summed E-state index contributed by atoms with van der Waals surface area (Å²) in [7, 11) is 0. The minimum Gasteiger partial charge on any atom is -0.465 e. The van der Waals surface area contributed by atoms with E-state index < -0.39 is 0 Å². The Morgan fingerprint density at radius 2 is 1.95 bits per heavy atom. The molecule has 4 nitrogen and oxygen atoms in total. The van der Waals surface area contributed by atoms with Crippen LogP contribution in [0.3, 0.4) is 0 Å². The van der Waals surface area contributed by atoms with E-state index in [4.69, 9.17) is 4.74 Å². The Morgan fingerprint density at radius 1 is 1.21 bits per heavy atom. The highest BCUT2D eigenvalue weighted by Crippen LogP contribution is 2.01. The first kappa shape index (κ1) is 15.6. The van der Waals surface area contributed by atoms with Gasteiger partial charge in [-0.25, -0.2) is 0 Å². The summed E-state index contributed by atoms with van der Waals surface area (Å²) in [4.78, 5) is 22.5. The molecular weight excluding hydrogens is 262 g/mol. The third-order valence-electron chi connectivity index (χ3n) is 2.34. The molecule has 1 amide bonds. The summed E-state index contributed by atoms with van der Waals surface area (Å²) >= 11 is 1.27. The molecule has 0 saturated carbocycles. The van der Waals surface area contributed by atoms with Crippen LogP contribution >= 0.6 is 11.8 Å². The maximum Gasteiger partial charge on any atom is 0.315 e. The fraction of sp³-hybridized carbons (Fsp3) is 0.429. The summed E-state index contributed by atoms with van der Waals surface area (Å²) in [5.74, 6) is 0.183. The first-order chi connectivity index (χ1) is 9.22. The fourth-order valence-electron chi connectivity index (χ4n) is 1.47. The van der Waals surface area contributed by atoms with Crippen molar-refractivity contribution < 1.29 is 14.3 Å². The summed E-state index contributed by atoms with van der Waals surface area (Å²) in [6.07, 6.45) is 0.815. The van der Waals surface area contributed by atoms with Crippen LogP contribution in [-0.2, 0) is 20.7 Å². The zero-order valence-electron chi connectivity index (χ0n) is 11.1. The molecule has 0 heterocycles. The van der Waals surface area contributed by atoms with Crippen LogP contribution in [0.25, 0.3) is 0 Å². The Bertz CT molecular complexity index is 395. The molecule has 0 aliphatic rings. The van der Waals surface area contributed by atoms with E-state index in [2.05, 4.69) is 5.32 Å². The Hall–Kier alpha value is -1.49. The molecule has 1 aromatic carbocycles. The minimum absolute atomic E-state index is 0.0507. The lowest BCUT2D eigenvalue weighted by atomic mass is 10.1. The number of hydrogen-bond acceptors (Lipinski definition) is 4. The van der Waals surface area contributed by atoms with Gasteiger partial charge in [0, 0.05) is 6.54 Å². The van der Waals surface area contributed by atoms with Crippen LogP contribution in [0, 0.1) is 0 Å². The molecule has 5 heteroatoms. The van der Waals surface area contributed by atoms with Crippen molar-refractivity contribution in [2.45, 2.75) is 13.3 Å². The molecule has 0 aliphatic carbocycles. The van der Waals surface area contributed by atoms with E-state index in [0.29, 0.717) is 13.2 Å². The fourth-order valence-corrected chi connectivity index (χ4v) is 2.11. The number of ether oxygens (including phenoxy) is 1. The van der Waals surface area contributed by atoms with Crippen molar-refractivity contribution in [3.05, 3.63) is 35.9 Å². The number of carbonyl (C=O) groups excluding carboxylic acids is 2. The van der Waals surface area contributed by atoms with E-state index in [1.807, 2.05) is 30.3 Å². The van der Waals surface area contributed by atoms with E-state index >= 15 is 0 Å². The van der Waals surface area contributed by atoms with Crippen LogP contribution in [0.5, 0.6) is 0 Å². The second-order valence-corrected chi connectivity index (χ2v) is 4.87. The molecule has 1 N–H and O–H groups in total. The van der Waals surface area contributed by atoms with Gasteiger partial charge in [-0.1, -0.05) is 30.3 Å². The van der Waals surface area contributed by atoms with Gasteiger partial charge in [-0.15, -0.1) is 11.8 Å². The molecule has 0 bridgehead atoms. The topological polar surface area (TPSA) is 55.4 Å². The summed E-state index contributed by atoms with van der Waals surface area (Å²) < 4.78 is 4.77. The van der Waals surface area contributed by atoms with Gasteiger partial charge in [-0.05, 0) is 18.9 Å². The van der Waals surface area contributed by atoms with E-state index in [0.717, 1.165) is 6.42 Å². The number of nitrogens with one attached hydrogen (secondary N) is 1. The van der Waals surface area contributed by atoms with Gasteiger partial charge < -0.3 is 10.1 Å². The van der Waals surface area contributed by atoms with Crippen LogP contribution in [0.2, 0.25) is 0 Å². The molecule has 0 aliphatic heterocycles. The molecule has 104 valence electrons. The van der Waals surface area contributed by atoms with E-state index in [1.54, 1.807) is 6.92 Å². The van der Waals surface area contributed by atoms with Gasteiger partial charge in [-0.3, -0.25) is 9.59 Å². The number of esters is 1. The lowest BCUT2D eigenvalue weighted by Crippen LogP contribution is -2.27. The molecular formula is C14H19NO3S. The standard InChI is InChI=1S/C14H19NO3S/c1-2-18-14(17)11-19-10-13(16)15-9-8-12-6-4-3-5-7-12/h3-7H,2,8-11H2,1H3,(H,15,16). The summed E-state index contributed by atoms with van der Waals surface area (Å²) in [6.45, 7) is 2.75. The van der Waals surface area contributed by atoms with Gasteiger partial charge in [0.05, 0.1) is 18.1 Å². The molecule has 0 atom stereocenters. The molecule has 0 fully saturated rings. The lowest BCUT2D eigenvalue weighted by Gasteiger charge is -2.05. The quantitative estimate of drug-likeness (QED) is 0.736. The predicted molar refractivity (Wildman–Crippen MR) is 77.1 cm³/mol. The zero-order valence-corrected chi connectivity index (χ0v) is 11.9. The van der Waals surface area contributed by atoms with E-state index in [-0.39, 0.29) is 23.4 Å². The number of hydrogen-bond donors (Lipinski definition) is 1. The van der Waals surface area contributed by atoms with Crippen molar-refractivity contribution in [1.82, 2.24) is 5.32 Å². The van der Waals surface area contributed by atoms with Crippen LogP contribution in [-0.4, -0.2) is 36.5 Å². The van der Waals surface area contributed by atoms with Crippen molar-refractivity contribution in [2.75, 3.05) is 24.7 Å². The summed E-state index contributed by atoms with van der Waals surface area (Å²) in [5.41, 5.74) is 1.20. The third kappa shape index (κ3) is 7.51. The average Bonchev–Trinajstić information content (AvgIpc) is 2.40. The van der Waals surface area contributed by atoms with Gasteiger partial charge in [0.15, 0.2) is 0 Å². The average molecular weight is 281 g/mol. The maximum absolute atomic E-state index is 11.5. The van der Waals surface area contributed by atoms with Crippen LogP contribution in [0.15, 0.2) is 30.3 Å². The highest BCUT2D eigenvalue weighted by molar-refractivity contribution is 8.00. The number of benzene rings is 1. The molecule has 0 radical (unpaired) electrons. The molecule has 0 saturated heterocycles. The molecule has 19 heavy (non-hydrogen) atoms. The largest absolute Gasteiger partial charge is 0.465 e. The Balaban J connectivity index is 2.07. The van der Waals surface area contributed by atoms with E-state index in [9.17, 15) is 9.59 Å². The number of thioether (sulfide) groups is 1. The summed E-state index contributed by atoms with van der Waals surface area (Å²) in [5, 5.41) is 2.82. The minimum atomic E-state index is -0.274. The van der Waals surface area contributed by atoms with Gasteiger partial charge in [0.2, 0.25) is 5.91 Å². The first-order valence-electron chi connectivity index (χ1n) is 6.26. The monoisotopic (exact) mass is 281 g/mol. The van der Waals surface area contributed by atoms with Crippen molar-refractivity contribution in [2.24, 2.45) is 0 Å². The molecule has 0 unspecified atom stereocenters. The first-order valence-corrected chi connectivity index (χ1v) is 7.42. The Kier molecular flexibility index (Phi) is 7.74. The van der Waals surface area contributed by atoms with Crippen LogP contribution < -0.4 is 5.32 Å². The normalized spacial score (nSPS) is 9.95. The highest BCUT2D eigenvalue weighted by atomic mass is 32.2.